The summed E-state index contributed by atoms with van der Waals surface area (Å²) >= 11 is 0. The second-order valence-corrected chi connectivity index (χ2v) is 7.22. The minimum absolute atomic E-state index is 0.00622. The molecule has 0 aliphatic heterocycles. The molecule has 0 aliphatic rings. The summed E-state index contributed by atoms with van der Waals surface area (Å²) in [6.45, 7) is -2.09. The molecule has 0 atom stereocenters. The summed E-state index contributed by atoms with van der Waals surface area (Å²) < 4.78 is 61.4. The fraction of sp³-hybridized carbons (Fsp3) is 0.318. The lowest BCUT2D eigenvalue weighted by Crippen LogP contribution is -2.33. The van der Waals surface area contributed by atoms with Gasteiger partial charge < -0.3 is 20.1 Å². The lowest BCUT2D eigenvalue weighted by Gasteiger charge is -2.14. The molecule has 2 heterocycles. The highest BCUT2D eigenvalue weighted by Gasteiger charge is 2.28. The average molecular weight is 510 g/mol. The second kappa shape index (κ2) is 12.6. The number of nitrogens with zero attached hydrogens (tertiary/aromatic N) is 4. The Morgan fingerprint density at radius 2 is 1.78 bits per heavy atom. The molecule has 1 aromatic carbocycles. The van der Waals surface area contributed by atoms with E-state index in [1.165, 1.54) is 29.1 Å². The first-order valence-electron chi connectivity index (χ1n) is 10.6. The topological polar surface area (TPSA) is 120 Å². The monoisotopic (exact) mass is 510 g/mol. The summed E-state index contributed by atoms with van der Waals surface area (Å²) in [5.74, 6) is -1.40. The number of alkyl halides is 4. The van der Waals surface area contributed by atoms with Crippen molar-refractivity contribution in [2.75, 3.05) is 33.0 Å². The van der Waals surface area contributed by atoms with Crippen LogP contribution in [0.3, 0.4) is 0 Å². The number of hydrogen-bond donors (Lipinski definition) is 2. The van der Waals surface area contributed by atoms with Gasteiger partial charge in [-0.3, -0.25) is 14.6 Å². The zero-order valence-corrected chi connectivity index (χ0v) is 18.8. The van der Waals surface area contributed by atoms with Crippen LogP contribution in [-0.2, 0) is 11.3 Å². The molecule has 0 radical (unpaired) electrons. The van der Waals surface area contributed by atoms with E-state index in [1.54, 1.807) is 29.8 Å². The molecule has 0 saturated heterocycles. The summed E-state index contributed by atoms with van der Waals surface area (Å²) in [7, 11) is 0. The molecule has 36 heavy (non-hydrogen) atoms. The number of aromatic nitrogens is 4. The highest BCUT2D eigenvalue weighted by Crippen LogP contribution is 2.25. The van der Waals surface area contributed by atoms with Crippen molar-refractivity contribution in [3.8, 4) is 11.4 Å². The standard InChI is InChI=1S/C22H22F4N6O4/c23-5-8-35-9-10-36-19-11-16(20(33)29-14-22(24,25)26)1-2-18(19)32-13-17(30-31-32)21(34)28-12-15-3-6-27-7-4-15/h1-4,6-7,11,13H,5,8-10,12,14H2,(H,28,34)(H,29,33). The molecule has 0 unspecified atom stereocenters. The largest absolute Gasteiger partial charge is 0.489 e. The van der Waals surface area contributed by atoms with Gasteiger partial charge in [0.05, 0.1) is 19.4 Å². The molecule has 3 rings (SSSR count). The van der Waals surface area contributed by atoms with E-state index >= 15 is 0 Å². The maximum Gasteiger partial charge on any atom is 0.405 e. The van der Waals surface area contributed by atoms with Crippen LogP contribution in [0, 0.1) is 0 Å². The van der Waals surface area contributed by atoms with Crippen molar-refractivity contribution in [2.45, 2.75) is 12.7 Å². The maximum atomic E-state index is 12.5. The van der Waals surface area contributed by atoms with Crippen LogP contribution in [0.1, 0.15) is 26.4 Å². The van der Waals surface area contributed by atoms with Gasteiger partial charge in [-0.1, -0.05) is 5.21 Å². The predicted molar refractivity (Wildman–Crippen MR) is 117 cm³/mol. The number of amides is 2. The van der Waals surface area contributed by atoms with Gasteiger partial charge in [0.15, 0.2) is 5.69 Å². The summed E-state index contributed by atoms with van der Waals surface area (Å²) in [4.78, 5) is 28.5. The lowest BCUT2D eigenvalue weighted by molar-refractivity contribution is -0.123. The van der Waals surface area contributed by atoms with Crippen LogP contribution in [0.2, 0.25) is 0 Å². The Morgan fingerprint density at radius 1 is 1.00 bits per heavy atom. The fourth-order valence-electron chi connectivity index (χ4n) is 2.87. The van der Waals surface area contributed by atoms with E-state index in [2.05, 4.69) is 20.6 Å². The number of pyridine rings is 1. The molecule has 0 fully saturated rings. The summed E-state index contributed by atoms with van der Waals surface area (Å²) in [6, 6.07) is 7.36. The van der Waals surface area contributed by atoms with Gasteiger partial charge in [0.2, 0.25) is 0 Å². The Labute approximate surface area is 202 Å². The van der Waals surface area contributed by atoms with Gasteiger partial charge in [-0.25, -0.2) is 9.07 Å². The van der Waals surface area contributed by atoms with Gasteiger partial charge in [-0.15, -0.1) is 5.10 Å². The number of halogens is 4. The second-order valence-electron chi connectivity index (χ2n) is 7.22. The molecule has 14 heteroatoms. The third kappa shape index (κ3) is 8.01. The number of rotatable bonds is 12. The quantitative estimate of drug-likeness (QED) is 0.283. The van der Waals surface area contributed by atoms with Crippen molar-refractivity contribution in [3.05, 3.63) is 65.7 Å². The van der Waals surface area contributed by atoms with Crippen molar-refractivity contribution in [2.24, 2.45) is 0 Å². The minimum atomic E-state index is -4.57. The number of benzene rings is 1. The molecule has 0 saturated carbocycles. The highest BCUT2D eigenvalue weighted by molar-refractivity contribution is 5.95. The van der Waals surface area contributed by atoms with E-state index in [4.69, 9.17) is 9.47 Å². The Kier molecular flexibility index (Phi) is 9.27. The van der Waals surface area contributed by atoms with Crippen LogP contribution in [0.15, 0.2) is 48.9 Å². The zero-order valence-electron chi connectivity index (χ0n) is 18.8. The van der Waals surface area contributed by atoms with E-state index in [0.717, 1.165) is 5.56 Å². The summed E-state index contributed by atoms with van der Waals surface area (Å²) in [6.07, 6.45) is -0.0607. The van der Waals surface area contributed by atoms with Gasteiger partial charge in [0, 0.05) is 24.5 Å². The van der Waals surface area contributed by atoms with E-state index in [0.29, 0.717) is 0 Å². The SMILES string of the molecule is O=C(NCC(F)(F)F)c1ccc(-n2cc(C(=O)NCc3ccncc3)nn2)c(OCCOCCF)c1. The predicted octanol–water partition coefficient (Wildman–Crippen LogP) is 2.25. The summed E-state index contributed by atoms with van der Waals surface area (Å²) in [5.41, 5.74) is 0.982. The zero-order chi connectivity index (χ0) is 26.0. The molecule has 0 aliphatic carbocycles. The summed E-state index contributed by atoms with van der Waals surface area (Å²) in [5, 5.41) is 12.2. The van der Waals surface area contributed by atoms with Crippen LogP contribution < -0.4 is 15.4 Å². The molecular formula is C22H22F4N6O4. The molecule has 3 aromatic rings. The van der Waals surface area contributed by atoms with Crippen LogP contribution >= 0.6 is 0 Å². The first-order chi connectivity index (χ1) is 17.3. The average Bonchev–Trinajstić information content (AvgIpc) is 3.36. The molecule has 2 aromatic heterocycles. The lowest BCUT2D eigenvalue weighted by atomic mass is 10.1. The van der Waals surface area contributed by atoms with Gasteiger partial charge >= 0.3 is 6.18 Å². The molecule has 10 nitrogen and oxygen atoms in total. The fourth-order valence-corrected chi connectivity index (χ4v) is 2.87. The smallest absolute Gasteiger partial charge is 0.405 e. The Bertz CT molecular complexity index is 1160. The van der Waals surface area contributed by atoms with Crippen molar-refractivity contribution < 1.29 is 36.6 Å². The molecular weight excluding hydrogens is 488 g/mol. The molecule has 0 spiro atoms. The third-order valence-corrected chi connectivity index (χ3v) is 4.55. The third-order valence-electron chi connectivity index (χ3n) is 4.55. The van der Waals surface area contributed by atoms with Crippen molar-refractivity contribution in [3.63, 3.8) is 0 Å². The Hall–Kier alpha value is -4.07. The van der Waals surface area contributed by atoms with Crippen molar-refractivity contribution >= 4 is 11.8 Å². The molecule has 0 bridgehead atoms. The van der Waals surface area contributed by atoms with Crippen LogP contribution in [0.4, 0.5) is 17.6 Å². The maximum absolute atomic E-state index is 12.5. The first kappa shape index (κ1) is 26.5. The van der Waals surface area contributed by atoms with Crippen molar-refractivity contribution in [1.29, 1.82) is 0 Å². The van der Waals surface area contributed by atoms with Gasteiger partial charge in [0.25, 0.3) is 11.8 Å². The van der Waals surface area contributed by atoms with Crippen LogP contribution in [0.25, 0.3) is 5.69 Å². The molecule has 2 amide bonds. The first-order valence-corrected chi connectivity index (χ1v) is 10.6. The van der Waals surface area contributed by atoms with Crippen LogP contribution in [0.5, 0.6) is 5.75 Å². The number of ether oxygens (including phenoxy) is 2. The number of hydrogen-bond acceptors (Lipinski definition) is 7. The normalized spacial score (nSPS) is 11.2. The van der Waals surface area contributed by atoms with Gasteiger partial charge in [0.1, 0.15) is 31.3 Å². The van der Waals surface area contributed by atoms with E-state index < -0.39 is 31.2 Å². The van der Waals surface area contributed by atoms with E-state index in [1.807, 2.05) is 0 Å². The van der Waals surface area contributed by atoms with E-state index in [-0.39, 0.29) is 49.1 Å². The molecule has 2 N–H and O–H groups in total. The van der Waals surface area contributed by atoms with Gasteiger partial charge in [-0.2, -0.15) is 13.2 Å². The number of carbonyl (C=O) groups is 2. The Morgan fingerprint density at radius 3 is 2.50 bits per heavy atom. The van der Waals surface area contributed by atoms with E-state index in [9.17, 15) is 27.2 Å². The van der Waals surface area contributed by atoms with Crippen molar-refractivity contribution in [1.82, 2.24) is 30.6 Å². The minimum Gasteiger partial charge on any atom is -0.489 e. The Balaban J connectivity index is 1.75. The highest BCUT2D eigenvalue weighted by atomic mass is 19.4. The number of carbonyl (C=O) groups excluding carboxylic acids is 2. The van der Waals surface area contributed by atoms with Crippen LogP contribution in [-0.4, -0.2) is 71.0 Å². The number of nitrogens with one attached hydrogen (secondary N) is 2. The van der Waals surface area contributed by atoms with Gasteiger partial charge in [-0.05, 0) is 35.9 Å². The molecule has 192 valence electrons.